The molecule has 1 atom stereocenters. The number of anilines is 2. The van der Waals surface area contributed by atoms with Gasteiger partial charge in [-0.25, -0.2) is 4.98 Å². The molecule has 4 aromatic rings. The number of carbonyl (C=O) groups is 2. The molecule has 7 nitrogen and oxygen atoms in total. The largest absolute Gasteiger partial charge is 0.326 e. The molecule has 4 rings (SSSR count). The molecule has 0 aliphatic carbocycles. The number of aryl methyl sites for hydroxylation is 1. The average molecular weight is 455 g/mol. The van der Waals surface area contributed by atoms with Gasteiger partial charge >= 0.3 is 0 Å². The van der Waals surface area contributed by atoms with Crippen molar-refractivity contribution < 1.29 is 9.59 Å². The van der Waals surface area contributed by atoms with Crippen molar-refractivity contribution in [3.63, 3.8) is 0 Å². The van der Waals surface area contributed by atoms with Crippen LogP contribution in [0.1, 0.15) is 31.9 Å². The zero-order valence-corrected chi connectivity index (χ0v) is 19.3. The predicted molar refractivity (Wildman–Crippen MR) is 135 cm³/mol. The molecule has 0 aliphatic heterocycles. The minimum atomic E-state index is -0.756. The Labute approximate surface area is 197 Å². The first-order valence-electron chi connectivity index (χ1n) is 11.1. The number of rotatable bonds is 6. The summed E-state index contributed by atoms with van der Waals surface area (Å²) in [5.41, 5.74) is 3.51. The molecule has 34 heavy (non-hydrogen) atoms. The second-order valence-corrected chi connectivity index (χ2v) is 8.13. The molecule has 0 saturated heterocycles. The lowest BCUT2D eigenvalue weighted by Crippen LogP contribution is -2.34. The van der Waals surface area contributed by atoms with E-state index < -0.39 is 11.6 Å². The summed E-state index contributed by atoms with van der Waals surface area (Å²) < 4.78 is 1.51. The van der Waals surface area contributed by atoms with Gasteiger partial charge in [-0.15, -0.1) is 0 Å². The van der Waals surface area contributed by atoms with Gasteiger partial charge in [0.05, 0.1) is 16.7 Å². The van der Waals surface area contributed by atoms with Crippen LogP contribution in [0.5, 0.6) is 0 Å². The van der Waals surface area contributed by atoms with Crippen LogP contribution in [0.3, 0.4) is 0 Å². The Morgan fingerprint density at radius 3 is 2.38 bits per heavy atom. The standard InChI is InChI=1S/C27H26N4O3/c1-4-23(26(33)29-19-10-6-5-7-11-19)31-24-13-9-8-12-22(24)30-25(27(31)34)20-16-17(2)14-15-21(20)28-18(3)32/h5-16,23H,4H2,1-3H3,(H,28,32)(H,29,33). The van der Waals surface area contributed by atoms with E-state index >= 15 is 0 Å². The molecule has 1 heterocycles. The summed E-state index contributed by atoms with van der Waals surface area (Å²) in [6, 6.07) is 21.1. The smallest absolute Gasteiger partial charge is 0.278 e. The maximum Gasteiger partial charge on any atom is 0.278 e. The molecule has 0 aliphatic rings. The Morgan fingerprint density at radius 2 is 1.68 bits per heavy atom. The lowest BCUT2D eigenvalue weighted by Gasteiger charge is -2.21. The minimum Gasteiger partial charge on any atom is -0.326 e. The molecule has 0 radical (unpaired) electrons. The van der Waals surface area contributed by atoms with Gasteiger partial charge in [0.1, 0.15) is 11.7 Å². The van der Waals surface area contributed by atoms with Gasteiger partial charge in [0.15, 0.2) is 0 Å². The van der Waals surface area contributed by atoms with Crippen LogP contribution in [0.2, 0.25) is 0 Å². The molecule has 2 N–H and O–H groups in total. The van der Waals surface area contributed by atoms with Crippen LogP contribution in [0.25, 0.3) is 22.3 Å². The Hall–Kier alpha value is -4.26. The number of benzene rings is 3. The van der Waals surface area contributed by atoms with E-state index in [1.165, 1.54) is 11.5 Å². The molecule has 0 spiro atoms. The highest BCUT2D eigenvalue weighted by molar-refractivity contribution is 5.96. The summed E-state index contributed by atoms with van der Waals surface area (Å²) in [5.74, 6) is -0.538. The van der Waals surface area contributed by atoms with Crippen molar-refractivity contribution in [2.45, 2.75) is 33.2 Å². The number of nitrogens with one attached hydrogen (secondary N) is 2. The first kappa shape index (κ1) is 22.9. The zero-order valence-electron chi connectivity index (χ0n) is 19.3. The van der Waals surface area contributed by atoms with Gasteiger partial charge < -0.3 is 10.6 Å². The molecule has 1 unspecified atom stereocenters. The van der Waals surface area contributed by atoms with E-state index in [0.29, 0.717) is 34.4 Å². The maximum absolute atomic E-state index is 13.9. The molecule has 1 aromatic heterocycles. The molecule has 2 amide bonds. The fourth-order valence-corrected chi connectivity index (χ4v) is 4.02. The van der Waals surface area contributed by atoms with Gasteiger partial charge in [0.25, 0.3) is 5.56 Å². The summed E-state index contributed by atoms with van der Waals surface area (Å²) in [6.07, 6.45) is 0.401. The third kappa shape index (κ3) is 4.59. The van der Waals surface area contributed by atoms with Gasteiger partial charge in [-0.1, -0.05) is 48.9 Å². The van der Waals surface area contributed by atoms with Gasteiger partial charge in [-0.3, -0.25) is 19.0 Å². The third-order valence-corrected chi connectivity index (χ3v) is 5.58. The fraction of sp³-hybridized carbons (Fsp3) is 0.185. The number of nitrogens with zero attached hydrogens (tertiary/aromatic N) is 2. The van der Waals surface area contributed by atoms with E-state index in [1.807, 2.05) is 62.4 Å². The number of hydrogen-bond acceptors (Lipinski definition) is 4. The van der Waals surface area contributed by atoms with E-state index in [4.69, 9.17) is 0 Å². The average Bonchev–Trinajstić information content (AvgIpc) is 2.82. The predicted octanol–water partition coefficient (Wildman–Crippen LogP) is 4.92. The van der Waals surface area contributed by atoms with Crippen molar-refractivity contribution in [1.82, 2.24) is 9.55 Å². The number of hydrogen-bond donors (Lipinski definition) is 2. The van der Waals surface area contributed by atoms with Crippen molar-refractivity contribution >= 4 is 34.2 Å². The Morgan fingerprint density at radius 1 is 0.971 bits per heavy atom. The molecule has 0 saturated carbocycles. The van der Waals surface area contributed by atoms with Crippen LogP contribution in [0.4, 0.5) is 11.4 Å². The fourth-order valence-electron chi connectivity index (χ4n) is 4.02. The quantitative estimate of drug-likeness (QED) is 0.432. The SMILES string of the molecule is CCC(C(=O)Nc1ccccc1)n1c(=O)c(-c2cc(C)ccc2NC(C)=O)nc2ccccc21. The topological polar surface area (TPSA) is 93.1 Å². The monoisotopic (exact) mass is 454 g/mol. The molecule has 0 bridgehead atoms. The van der Waals surface area contributed by atoms with Crippen molar-refractivity contribution in [2.75, 3.05) is 10.6 Å². The molecule has 172 valence electrons. The number of amides is 2. The van der Waals surface area contributed by atoms with Gasteiger partial charge in [0.2, 0.25) is 11.8 Å². The number of aromatic nitrogens is 2. The first-order chi connectivity index (χ1) is 16.4. The maximum atomic E-state index is 13.9. The van der Waals surface area contributed by atoms with E-state index in [9.17, 15) is 14.4 Å². The van der Waals surface area contributed by atoms with Crippen LogP contribution in [0.15, 0.2) is 77.6 Å². The van der Waals surface area contributed by atoms with Crippen molar-refractivity contribution in [3.05, 3.63) is 88.7 Å². The van der Waals surface area contributed by atoms with Crippen LogP contribution in [-0.2, 0) is 9.59 Å². The van der Waals surface area contributed by atoms with Gasteiger partial charge in [0, 0.05) is 18.2 Å². The molecular weight excluding hydrogens is 428 g/mol. The highest BCUT2D eigenvalue weighted by atomic mass is 16.2. The Bertz CT molecular complexity index is 1430. The van der Waals surface area contributed by atoms with Crippen LogP contribution in [0, 0.1) is 6.92 Å². The first-order valence-corrected chi connectivity index (χ1v) is 11.1. The van der Waals surface area contributed by atoms with E-state index in [-0.39, 0.29) is 17.5 Å². The molecule has 3 aromatic carbocycles. The van der Waals surface area contributed by atoms with Crippen molar-refractivity contribution in [2.24, 2.45) is 0 Å². The lowest BCUT2D eigenvalue weighted by molar-refractivity contribution is -0.119. The summed E-state index contributed by atoms with van der Waals surface area (Å²) in [6.45, 7) is 5.19. The summed E-state index contributed by atoms with van der Waals surface area (Å²) in [5, 5.41) is 5.70. The Balaban J connectivity index is 1.93. The number of para-hydroxylation sites is 3. The van der Waals surface area contributed by atoms with E-state index in [1.54, 1.807) is 24.3 Å². The van der Waals surface area contributed by atoms with Gasteiger partial charge in [-0.05, 0) is 49.7 Å². The van der Waals surface area contributed by atoms with Gasteiger partial charge in [-0.2, -0.15) is 0 Å². The molecular formula is C27H26N4O3. The summed E-state index contributed by atoms with van der Waals surface area (Å²) >= 11 is 0. The highest BCUT2D eigenvalue weighted by Crippen LogP contribution is 2.28. The van der Waals surface area contributed by atoms with Crippen molar-refractivity contribution in [3.8, 4) is 11.3 Å². The molecule has 0 fully saturated rings. The van der Waals surface area contributed by atoms with Crippen molar-refractivity contribution in [1.29, 1.82) is 0 Å². The lowest BCUT2D eigenvalue weighted by atomic mass is 10.0. The highest BCUT2D eigenvalue weighted by Gasteiger charge is 2.25. The van der Waals surface area contributed by atoms with Crippen LogP contribution >= 0.6 is 0 Å². The van der Waals surface area contributed by atoms with Crippen LogP contribution < -0.4 is 16.2 Å². The number of fused-ring (bicyclic) bond motifs is 1. The molecule has 7 heteroatoms. The third-order valence-electron chi connectivity index (χ3n) is 5.58. The van der Waals surface area contributed by atoms with E-state index in [2.05, 4.69) is 15.6 Å². The second kappa shape index (κ2) is 9.70. The summed E-state index contributed by atoms with van der Waals surface area (Å²) in [4.78, 5) is 43.7. The van der Waals surface area contributed by atoms with E-state index in [0.717, 1.165) is 5.56 Å². The second-order valence-electron chi connectivity index (χ2n) is 8.13. The van der Waals surface area contributed by atoms with Crippen LogP contribution in [-0.4, -0.2) is 21.4 Å². The normalized spacial score (nSPS) is 11.7. The number of carbonyl (C=O) groups excluding carboxylic acids is 2. The zero-order chi connectivity index (χ0) is 24.2. The summed E-state index contributed by atoms with van der Waals surface area (Å²) in [7, 11) is 0. The Kier molecular flexibility index (Phi) is 6.54. The minimum absolute atomic E-state index is 0.178.